The molecule has 0 bridgehead atoms. The molecule has 0 unspecified atom stereocenters. The number of hydrogen-bond donors (Lipinski definition) is 1. The first-order chi connectivity index (χ1) is 17.5. The van der Waals surface area contributed by atoms with Gasteiger partial charge in [-0.3, -0.25) is 4.79 Å². The number of carboxylic acid groups (broad SMARTS) is 1. The van der Waals surface area contributed by atoms with Gasteiger partial charge in [0.15, 0.2) is 0 Å². The fourth-order valence-electron chi connectivity index (χ4n) is 3.74. The number of alkyl halides is 3. The van der Waals surface area contributed by atoms with Crippen molar-refractivity contribution in [1.82, 2.24) is 14.5 Å². The number of halogens is 3. The van der Waals surface area contributed by atoms with Gasteiger partial charge in [0.1, 0.15) is 11.5 Å². The SMILES string of the molecule is CCc1ccccc1OCC1CN(C(=O)c2ccc(-n3cnc(C)c3)c(OC)c2)C1.O=C(O)C(F)(F)F. The summed E-state index contributed by atoms with van der Waals surface area (Å²) in [6.07, 6.45) is -0.469. The van der Waals surface area contributed by atoms with Gasteiger partial charge in [-0.05, 0) is 43.2 Å². The van der Waals surface area contributed by atoms with Gasteiger partial charge in [-0.2, -0.15) is 13.2 Å². The van der Waals surface area contributed by atoms with Crippen LogP contribution in [-0.4, -0.2) is 64.4 Å². The predicted octanol–water partition coefficient (Wildman–Crippen LogP) is 4.54. The Bertz CT molecular complexity index is 1240. The molecule has 1 fully saturated rings. The van der Waals surface area contributed by atoms with E-state index in [1.165, 1.54) is 5.56 Å². The summed E-state index contributed by atoms with van der Waals surface area (Å²) in [6.45, 7) is 6.10. The van der Waals surface area contributed by atoms with Crippen LogP contribution in [0.4, 0.5) is 13.2 Å². The summed E-state index contributed by atoms with van der Waals surface area (Å²) in [6, 6.07) is 13.7. The van der Waals surface area contributed by atoms with Gasteiger partial charge in [0.2, 0.25) is 0 Å². The van der Waals surface area contributed by atoms with Crippen LogP contribution in [0.3, 0.4) is 0 Å². The van der Waals surface area contributed by atoms with Crippen LogP contribution >= 0.6 is 0 Å². The number of benzene rings is 2. The quantitative estimate of drug-likeness (QED) is 0.493. The number of carboxylic acids is 1. The minimum atomic E-state index is -5.08. The number of methoxy groups -OCH3 is 1. The van der Waals surface area contributed by atoms with Gasteiger partial charge in [0.05, 0.1) is 31.4 Å². The molecule has 11 heteroatoms. The molecule has 198 valence electrons. The molecule has 0 spiro atoms. The number of para-hydroxylation sites is 1. The molecule has 0 radical (unpaired) electrons. The summed E-state index contributed by atoms with van der Waals surface area (Å²) in [4.78, 5) is 27.9. The van der Waals surface area contributed by atoms with Crippen LogP contribution < -0.4 is 9.47 Å². The van der Waals surface area contributed by atoms with E-state index >= 15 is 0 Å². The Kier molecular flexibility index (Phi) is 8.80. The third-order valence-electron chi connectivity index (χ3n) is 5.73. The monoisotopic (exact) mass is 519 g/mol. The van der Waals surface area contributed by atoms with E-state index in [2.05, 4.69) is 18.0 Å². The Morgan fingerprint density at radius 1 is 1.14 bits per heavy atom. The second kappa shape index (κ2) is 11.8. The molecule has 3 aromatic rings. The van der Waals surface area contributed by atoms with E-state index in [4.69, 9.17) is 19.4 Å². The van der Waals surface area contributed by atoms with Gasteiger partial charge in [0, 0.05) is 30.8 Å². The van der Waals surface area contributed by atoms with Gasteiger partial charge in [-0.15, -0.1) is 0 Å². The lowest BCUT2D eigenvalue weighted by atomic mass is 9.99. The fourth-order valence-corrected chi connectivity index (χ4v) is 3.74. The van der Waals surface area contributed by atoms with Crippen molar-refractivity contribution in [3.63, 3.8) is 0 Å². The molecule has 1 aliphatic heterocycles. The van der Waals surface area contributed by atoms with Crippen LogP contribution in [0.5, 0.6) is 11.5 Å². The van der Waals surface area contributed by atoms with Crippen LogP contribution in [0.2, 0.25) is 0 Å². The van der Waals surface area contributed by atoms with E-state index in [9.17, 15) is 18.0 Å². The molecule has 1 N–H and O–H groups in total. The molecule has 1 aromatic heterocycles. The minimum Gasteiger partial charge on any atom is -0.495 e. The largest absolute Gasteiger partial charge is 0.495 e. The molecular formula is C26H28F3N3O5. The van der Waals surface area contributed by atoms with Gasteiger partial charge in [0.25, 0.3) is 5.91 Å². The number of ether oxygens (including phenoxy) is 2. The predicted molar refractivity (Wildman–Crippen MR) is 129 cm³/mol. The number of likely N-dealkylation sites (tertiary alicyclic amines) is 1. The number of imidazole rings is 1. The highest BCUT2D eigenvalue weighted by Crippen LogP contribution is 2.27. The average Bonchev–Trinajstić information content (AvgIpc) is 3.28. The lowest BCUT2D eigenvalue weighted by Gasteiger charge is -2.39. The topological polar surface area (TPSA) is 93.9 Å². The van der Waals surface area contributed by atoms with Crippen molar-refractivity contribution in [2.24, 2.45) is 5.92 Å². The minimum absolute atomic E-state index is 0.0203. The van der Waals surface area contributed by atoms with Gasteiger partial charge < -0.3 is 24.0 Å². The van der Waals surface area contributed by atoms with E-state index < -0.39 is 12.1 Å². The molecule has 2 heterocycles. The van der Waals surface area contributed by atoms with Crippen LogP contribution in [-0.2, 0) is 11.2 Å². The summed E-state index contributed by atoms with van der Waals surface area (Å²) < 4.78 is 45.2. The number of nitrogens with zero attached hydrogens (tertiary/aromatic N) is 3. The van der Waals surface area contributed by atoms with Crippen LogP contribution in [0.15, 0.2) is 55.0 Å². The zero-order valence-electron chi connectivity index (χ0n) is 20.7. The summed E-state index contributed by atoms with van der Waals surface area (Å²) in [5.41, 5.74) is 3.62. The second-order valence-electron chi connectivity index (χ2n) is 8.46. The highest BCUT2D eigenvalue weighted by atomic mass is 19.4. The molecule has 1 saturated heterocycles. The van der Waals surface area contributed by atoms with Crippen molar-refractivity contribution in [2.75, 3.05) is 26.8 Å². The molecule has 1 amide bonds. The van der Waals surface area contributed by atoms with E-state index in [1.807, 2.05) is 52.9 Å². The van der Waals surface area contributed by atoms with Crippen molar-refractivity contribution in [3.05, 3.63) is 71.8 Å². The van der Waals surface area contributed by atoms with Gasteiger partial charge >= 0.3 is 12.1 Å². The zero-order chi connectivity index (χ0) is 27.2. The Hall–Kier alpha value is -4.02. The molecule has 0 atom stereocenters. The second-order valence-corrected chi connectivity index (χ2v) is 8.46. The number of carbonyl (C=O) groups is 2. The van der Waals surface area contributed by atoms with Crippen molar-refractivity contribution in [2.45, 2.75) is 26.4 Å². The third kappa shape index (κ3) is 7.02. The number of aromatic nitrogens is 2. The highest BCUT2D eigenvalue weighted by Gasteiger charge is 2.38. The first-order valence-electron chi connectivity index (χ1n) is 11.5. The smallest absolute Gasteiger partial charge is 0.490 e. The zero-order valence-corrected chi connectivity index (χ0v) is 20.7. The van der Waals surface area contributed by atoms with Crippen LogP contribution in [0.25, 0.3) is 5.69 Å². The van der Waals surface area contributed by atoms with Crippen molar-refractivity contribution >= 4 is 11.9 Å². The van der Waals surface area contributed by atoms with Crippen molar-refractivity contribution in [3.8, 4) is 17.2 Å². The van der Waals surface area contributed by atoms with Gasteiger partial charge in [-0.25, -0.2) is 9.78 Å². The fraction of sp³-hybridized carbons (Fsp3) is 0.346. The lowest BCUT2D eigenvalue weighted by Crippen LogP contribution is -2.52. The summed E-state index contributed by atoms with van der Waals surface area (Å²) in [5.74, 6) is -0.789. The number of carbonyl (C=O) groups excluding carboxylic acids is 1. The number of aliphatic carboxylic acids is 1. The van der Waals surface area contributed by atoms with E-state index in [-0.39, 0.29) is 5.91 Å². The molecular weight excluding hydrogens is 491 g/mol. The summed E-state index contributed by atoms with van der Waals surface area (Å²) in [5, 5.41) is 7.12. The Balaban J connectivity index is 0.000000479. The van der Waals surface area contributed by atoms with Crippen LogP contribution in [0, 0.1) is 12.8 Å². The molecule has 2 aromatic carbocycles. The van der Waals surface area contributed by atoms with E-state index in [0.29, 0.717) is 36.9 Å². The van der Waals surface area contributed by atoms with Gasteiger partial charge in [-0.1, -0.05) is 25.1 Å². The standard InChI is InChI=1S/C24H27N3O3.C2HF3O2/c1-4-19-7-5-6-8-22(19)30-15-18-13-26(14-18)24(28)20-9-10-21(23(11-20)29-3)27-12-17(2)25-16-27;3-2(4,5)1(6)7/h5-12,16,18H,4,13-15H2,1-3H3;(H,6,7). The number of hydrogen-bond acceptors (Lipinski definition) is 5. The normalized spacial score (nSPS) is 13.3. The first-order valence-corrected chi connectivity index (χ1v) is 11.5. The summed E-state index contributed by atoms with van der Waals surface area (Å²) in [7, 11) is 1.61. The maximum Gasteiger partial charge on any atom is 0.490 e. The molecule has 8 nitrogen and oxygen atoms in total. The number of aryl methyl sites for hydroxylation is 2. The number of rotatable bonds is 7. The first kappa shape index (κ1) is 27.6. The Labute approximate surface area is 212 Å². The highest BCUT2D eigenvalue weighted by molar-refractivity contribution is 5.95. The molecule has 0 aliphatic carbocycles. The average molecular weight is 520 g/mol. The maximum absolute atomic E-state index is 12.9. The van der Waals surface area contributed by atoms with Crippen molar-refractivity contribution in [1.29, 1.82) is 0 Å². The molecule has 4 rings (SSSR count). The Morgan fingerprint density at radius 3 is 2.38 bits per heavy atom. The molecule has 1 aliphatic rings. The third-order valence-corrected chi connectivity index (χ3v) is 5.73. The maximum atomic E-state index is 12.9. The molecule has 37 heavy (non-hydrogen) atoms. The van der Waals surface area contributed by atoms with Crippen LogP contribution in [0.1, 0.15) is 28.5 Å². The van der Waals surface area contributed by atoms with E-state index in [0.717, 1.165) is 23.6 Å². The number of amides is 1. The molecule has 0 saturated carbocycles. The van der Waals surface area contributed by atoms with E-state index in [1.54, 1.807) is 19.5 Å². The summed E-state index contributed by atoms with van der Waals surface area (Å²) >= 11 is 0. The lowest BCUT2D eigenvalue weighted by molar-refractivity contribution is -0.192. The van der Waals surface area contributed by atoms with Crippen molar-refractivity contribution < 1.29 is 37.3 Å². The Morgan fingerprint density at radius 2 is 1.81 bits per heavy atom.